The first-order valence-corrected chi connectivity index (χ1v) is 14.6. The van der Waals surface area contributed by atoms with Gasteiger partial charge >= 0.3 is 11.9 Å². The van der Waals surface area contributed by atoms with Gasteiger partial charge in [0.25, 0.3) is 0 Å². The molecule has 0 N–H and O–H groups in total. The Morgan fingerprint density at radius 1 is 0.486 bits per heavy atom. The Bertz CT molecular complexity index is 500. The molecule has 0 saturated heterocycles. The van der Waals surface area contributed by atoms with Crippen LogP contribution in [-0.4, -0.2) is 88.5 Å². The van der Waals surface area contributed by atoms with Crippen LogP contribution in [0.1, 0.15) is 110 Å². The number of carbonyl (C=O) groups is 2. The normalized spacial score (nSPS) is 11.4. The summed E-state index contributed by atoms with van der Waals surface area (Å²) in [4.78, 5) is 24.0. The summed E-state index contributed by atoms with van der Waals surface area (Å²) in [6, 6.07) is 0. The van der Waals surface area contributed by atoms with Crippen molar-refractivity contribution in [3.05, 3.63) is 0 Å². The van der Waals surface area contributed by atoms with Crippen LogP contribution >= 0.6 is 0 Å². The van der Waals surface area contributed by atoms with Crippen molar-refractivity contribution >= 4 is 11.9 Å². The first-order valence-electron chi connectivity index (χ1n) is 14.6. The molecule has 8 heteroatoms. The zero-order valence-corrected chi connectivity index (χ0v) is 28.3. The Labute approximate surface area is 250 Å². The molecule has 0 aliphatic carbocycles. The minimum absolute atomic E-state index is 0. The number of esters is 2. The standard InChI is InChI=1S/C29H60N2O4.2BrH/c1-7-9-11-13-15-17-22-30(3,4)24-26-34-28(32)20-19-21-29(33)35-27-25-31(5,6)23-18-16-14-12-10-8-2;;/h7-27H2,1-6H3;2*1H/q+2;;/p-2. The van der Waals surface area contributed by atoms with Crippen LogP contribution in [0.2, 0.25) is 0 Å². The van der Waals surface area contributed by atoms with Gasteiger partial charge in [-0.3, -0.25) is 9.59 Å². The predicted molar refractivity (Wildman–Crippen MR) is 146 cm³/mol. The van der Waals surface area contributed by atoms with E-state index in [1.165, 1.54) is 77.0 Å². The van der Waals surface area contributed by atoms with E-state index >= 15 is 0 Å². The second-order valence-electron chi connectivity index (χ2n) is 11.6. The minimum Gasteiger partial charge on any atom is -1.00 e. The van der Waals surface area contributed by atoms with Crippen LogP contribution in [-0.2, 0) is 19.1 Å². The van der Waals surface area contributed by atoms with Gasteiger partial charge in [0.2, 0.25) is 0 Å². The smallest absolute Gasteiger partial charge is 0.306 e. The van der Waals surface area contributed by atoms with Crippen LogP contribution in [0, 0.1) is 0 Å². The maximum Gasteiger partial charge on any atom is 0.306 e. The Kier molecular flexibility index (Phi) is 29.1. The van der Waals surface area contributed by atoms with Crippen molar-refractivity contribution < 1.29 is 62.0 Å². The lowest BCUT2D eigenvalue weighted by molar-refractivity contribution is -0.890. The first-order chi connectivity index (χ1) is 16.6. The van der Waals surface area contributed by atoms with Crippen LogP contribution in [0.25, 0.3) is 0 Å². The van der Waals surface area contributed by atoms with E-state index < -0.39 is 0 Å². The molecule has 0 bridgehead atoms. The van der Waals surface area contributed by atoms with Crippen molar-refractivity contribution in [2.24, 2.45) is 0 Å². The van der Waals surface area contributed by atoms with Gasteiger partial charge in [0.15, 0.2) is 0 Å². The summed E-state index contributed by atoms with van der Waals surface area (Å²) in [6.45, 7) is 9.26. The lowest BCUT2D eigenvalue weighted by Crippen LogP contribution is -3.00. The Morgan fingerprint density at radius 3 is 1.16 bits per heavy atom. The van der Waals surface area contributed by atoms with Crippen molar-refractivity contribution in [3.8, 4) is 0 Å². The predicted octanol–water partition coefficient (Wildman–Crippen LogP) is 0.125. The first kappa shape index (κ1) is 41.3. The van der Waals surface area contributed by atoms with Crippen molar-refractivity contribution in [3.63, 3.8) is 0 Å². The van der Waals surface area contributed by atoms with Crippen molar-refractivity contribution in [1.82, 2.24) is 0 Å². The highest BCUT2D eigenvalue weighted by atomic mass is 79.9. The van der Waals surface area contributed by atoms with Gasteiger partial charge in [-0.1, -0.05) is 65.2 Å². The summed E-state index contributed by atoms with van der Waals surface area (Å²) in [5, 5.41) is 0. The maximum atomic E-state index is 12.0. The fraction of sp³-hybridized carbons (Fsp3) is 0.931. The molecular formula is C29H60Br2N2O4. The molecule has 0 aliphatic rings. The number of hydrogen-bond acceptors (Lipinski definition) is 4. The SMILES string of the molecule is CCCCCCCC[N+](C)(C)CCOC(=O)CCCC(=O)OCC[N+](C)(C)CCCCCCCC.[Br-].[Br-]. The van der Waals surface area contributed by atoms with Gasteiger partial charge in [-0.15, -0.1) is 0 Å². The topological polar surface area (TPSA) is 52.6 Å². The quantitative estimate of drug-likeness (QED) is 0.0840. The number of quaternary nitrogens is 2. The van der Waals surface area contributed by atoms with Gasteiger partial charge in [-0.25, -0.2) is 0 Å². The fourth-order valence-electron chi connectivity index (χ4n) is 4.20. The Balaban J connectivity index is -0.00000578. The highest BCUT2D eigenvalue weighted by molar-refractivity contribution is 5.72. The molecule has 0 heterocycles. The average Bonchev–Trinajstić information content (AvgIpc) is 2.78. The summed E-state index contributed by atoms with van der Waals surface area (Å²) >= 11 is 0. The summed E-state index contributed by atoms with van der Waals surface area (Å²) < 4.78 is 12.6. The van der Waals surface area contributed by atoms with Gasteiger partial charge in [0.05, 0.1) is 41.3 Å². The molecule has 0 amide bonds. The average molecular weight is 661 g/mol. The van der Waals surface area contributed by atoms with Crippen molar-refractivity contribution in [2.45, 2.75) is 110 Å². The van der Waals surface area contributed by atoms with Gasteiger partial charge < -0.3 is 52.4 Å². The molecule has 0 atom stereocenters. The van der Waals surface area contributed by atoms with Crippen molar-refractivity contribution in [2.75, 3.05) is 67.6 Å². The number of hydrogen-bond donors (Lipinski definition) is 0. The number of likely N-dealkylation sites (N-methyl/N-ethyl adjacent to an activating group) is 2. The van der Waals surface area contributed by atoms with E-state index in [-0.39, 0.29) is 58.7 Å². The molecule has 0 saturated carbocycles. The van der Waals surface area contributed by atoms with E-state index in [9.17, 15) is 9.59 Å². The molecule has 0 aromatic carbocycles. The van der Waals surface area contributed by atoms with Crippen LogP contribution in [0.4, 0.5) is 0 Å². The monoisotopic (exact) mass is 658 g/mol. The number of carbonyl (C=O) groups excluding carboxylic acids is 2. The third-order valence-corrected chi connectivity index (χ3v) is 6.92. The van der Waals surface area contributed by atoms with Crippen LogP contribution < -0.4 is 34.0 Å². The van der Waals surface area contributed by atoms with E-state index in [0.29, 0.717) is 19.6 Å². The molecular weight excluding hydrogens is 600 g/mol. The molecule has 0 unspecified atom stereocenters. The van der Waals surface area contributed by atoms with Gasteiger partial charge in [-0.2, -0.15) is 0 Å². The number of rotatable bonds is 24. The van der Waals surface area contributed by atoms with E-state index in [4.69, 9.17) is 9.47 Å². The molecule has 0 aromatic heterocycles. The minimum atomic E-state index is -0.214. The number of ether oxygens (including phenoxy) is 2. The molecule has 6 nitrogen and oxygen atoms in total. The highest BCUT2D eigenvalue weighted by Gasteiger charge is 2.17. The summed E-state index contributed by atoms with van der Waals surface area (Å²) in [7, 11) is 8.79. The fourth-order valence-corrected chi connectivity index (χ4v) is 4.20. The lowest BCUT2D eigenvalue weighted by Gasteiger charge is -2.29. The molecule has 0 fully saturated rings. The molecule has 0 spiro atoms. The number of unbranched alkanes of at least 4 members (excludes halogenated alkanes) is 10. The van der Waals surface area contributed by atoms with Crippen LogP contribution in [0.3, 0.4) is 0 Å². The van der Waals surface area contributed by atoms with Crippen LogP contribution in [0.5, 0.6) is 0 Å². The second-order valence-corrected chi connectivity index (χ2v) is 11.6. The third-order valence-electron chi connectivity index (χ3n) is 6.92. The summed E-state index contributed by atoms with van der Waals surface area (Å²) in [5.74, 6) is -0.428. The third kappa shape index (κ3) is 28.6. The van der Waals surface area contributed by atoms with Crippen LogP contribution in [0.15, 0.2) is 0 Å². The molecule has 224 valence electrons. The van der Waals surface area contributed by atoms with Crippen molar-refractivity contribution in [1.29, 1.82) is 0 Å². The summed E-state index contributed by atoms with van der Waals surface area (Å²) in [5.41, 5.74) is 0. The highest BCUT2D eigenvalue weighted by Crippen LogP contribution is 2.10. The zero-order chi connectivity index (χ0) is 26.4. The maximum absolute atomic E-state index is 12.0. The molecule has 37 heavy (non-hydrogen) atoms. The van der Waals surface area contributed by atoms with Gasteiger partial charge in [-0.05, 0) is 32.1 Å². The number of nitrogens with zero attached hydrogens (tertiary/aromatic N) is 2. The number of halogens is 2. The zero-order valence-electron chi connectivity index (χ0n) is 25.1. The largest absolute Gasteiger partial charge is 1.00 e. The summed E-state index contributed by atoms with van der Waals surface area (Å²) in [6.07, 6.45) is 16.6. The Morgan fingerprint density at radius 2 is 0.811 bits per heavy atom. The molecule has 0 aromatic rings. The second kappa shape index (κ2) is 26.1. The molecule has 0 aliphatic heterocycles. The Hall–Kier alpha value is -0.180. The molecule has 0 rings (SSSR count). The lowest BCUT2D eigenvalue weighted by atomic mass is 10.1. The van der Waals surface area contributed by atoms with E-state index in [1.807, 2.05) is 0 Å². The molecule has 0 radical (unpaired) electrons. The van der Waals surface area contributed by atoms with E-state index in [2.05, 4.69) is 42.0 Å². The van der Waals surface area contributed by atoms with Gasteiger partial charge in [0.1, 0.15) is 26.3 Å². The van der Waals surface area contributed by atoms with E-state index in [0.717, 1.165) is 35.1 Å². The van der Waals surface area contributed by atoms with Gasteiger partial charge in [0, 0.05) is 12.8 Å². The van der Waals surface area contributed by atoms with E-state index in [1.54, 1.807) is 0 Å².